The summed E-state index contributed by atoms with van der Waals surface area (Å²) >= 11 is 6.57. The van der Waals surface area contributed by atoms with Crippen molar-refractivity contribution in [2.75, 3.05) is 5.48 Å². The predicted molar refractivity (Wildman–Crippen MR) is 90.2 cm³/mol. The van der Waals surface area contributed by atoms with Gasteiger partial charge in [-0.05, 0) is 43.7 Å². The molecule has 0 unspecified atom stereocenters. The Bertz CT molecular complexity index is 1080. The van der Waals surface area contributed by atoms with Crippen LogP contribution in [-0.2, 0) is 0 Å². The molecule has 3 heterocycles. The van der Waals surface area contributed by atoms with Gasteiger partial charge in [0.25, 0.3) is 0 Å². The van der Waals surface area contributed by atoms with Crippen LogP contribution in [-0.4, -0.2) is 25.0 Å². The van der Waals surface area contributed by atoms with Crippen molar-refractivity contribution in [1.82, 2.24) is 14.7 Å². The zero-order chi connectivity index (χ0) is 17.0. The standard InChI is InChI=1S/C16H13ClN4O3/c1-7-11-13(12-8(2)24-20-16(12)18-15(11)19-23)21(14(7)17)9-3-5-10(22)6-4-9/h3-6,22-23H,1-2H3,(H,18,19,20). The highest BCUT2D eigenvalue weighted by Gasteiger charge is 2.24. The second kappa shape index (κ2) is 5.12. The minimum Gasteiger partial charge on any atom is -0.508 e. The third-order valence-corrected chi connectivity index (χ3v) is 4.54. The first-order chi connectivity index (χ1) is 11.5. The van der Waals surface area contributed by atoms with Gasteiger partial charge in [0.15, 0.2) is 5.82 Å². The molecule has 0 spiro atoms. The Kier molecular flexibility index (Phi) is 3.16. The topological polar surface area (TPSA) is 96.3 Å². The molecule has 0 aliphatic heterocycles. The third-order valence-electron chi connectivity index (χ3n) is 4.09. The van der Waals surface area contributed by atoms with Crippen LogP contribution in [0, 0.1) is 13.8 Å². The number of fused-ring (bicyclic) bond motifs is 3. The molecule has 24 heavy (non-hydrogen) atoms. The number of rotatable bonds is 2. The molecule has 4 rings (SSSR count). The fraction of sp³-hybridized carbons (Fsp3) is 0.125. The van der Waals surface area contributed by atoms with Crippen molar-refractivity contribution in [3.05, 3.63) is 40.7 Å². The van der Waals surface area contributed by atoms with Crippen LogP contribution in [0.25, 0.3) is 27.6 Å². The van der Waals surface area contributed by atoms with E-state index in [9.17, 15) is 10.3 Å². The number of hydrogen-bond acceptors (Lipinski definition) is 6. The number of aromatic hydroxyl groups is 1. The number of aromatic nitrogens is 3. The van der Waals surface area contributed by atoms with E-state index in [0.29, 0.717) is 27.3 Å². The molecule has 7 nitrogen and oxygen atoms in total. The van der Waals surface area contributed by atoms with E-state index in [0.717, 1.165) is 16.8 Å². The van der Waals surface area contributed by atoms with Crippen molar-refractivity contribution in [2.45, 2.75) is 13.8 Å². The normalized spacial score (nSPS) is 11.5. The first kappa shape index (κ1) is 14.8. The molecule has 0 aliphatic carbocycles. The quantitative estimate of drug-likeness (QED) is 0.476. The maximum Gasteiger partial charge on any atom is 0.206 e. The second-order valence-electron chi connectivity index (χ2n) is 5.50. The second-order valence-corrected chi connectivity index (χ2v) is 5.86. The lowest BCUT2D eigenvalue weighted by Gasteiger charge is -2.09. The van der Waals surface area contributed by atoms with E-state index >= 15 is 0 Å². The van der Waals surface area contributed by atoms with Gasteiger partial charge in [-0.25, -0.2) is 4.98 Å². The molecule has 3 N–H and O–H groups in total. The Hall–Kier alpha value is -2.77. The maximum absolute atomic E-state index is 9.54. The van der Waals surface area contributed by atoms with Crippen molar-refractivity contribution in [3.8, 4) is 11.4 Å². The Balaban J connectivity index is 2.25. The number of hydrogen-bond donors (Lipinski definition) is 3. The van der Waals surface area contributed by atoms with Gasteiger partial charge in [0, 0.05) is 11.1 Å². The van der Waals surface area contributed by atoms with Gasteiger partial charge in [-0.2, -0.15) is 0 Å². The van der Waals surface area contributed by atoms with E-state index in [1.54, 1.807) is 31.2 Å². The van der Waals surface area contributed by atoms with Crippen molar-refractivity contribution in [1.29, 1.82) is 0 Å². The number of nitrogens with one attached hydrogen (secondary N) is 1. The van der Waals surface area contributed by atoms with Crippen LogP contribution in [0.15, 0.2) is 28.8 Å². The van der Waals surface area contributed by atoms with Crippen LogP contribution >= 0.6 is 11.6 Å². The highest BCUT2D eigenvalue weighted by Crippen LogP contribution is 2.40. The predicted octanol–water partition coefficient (Wildman–Crippen LogP) is 3.94. The fourth-order valence-corrected chi connectivity index (χ4v) is 3.26. The largest absolute Gasteiger partial charge is 0.508 e. The van der Waals surface area contributed by atoms with Gasteiger partial charge in [-0.3, -0.25) is 15.3 Å². The van der Waals surface area contributed by atoms with Crippen LogP contribution in [0.5, 0.6) is 5.75 Å². The van der Waals surface area contributed by atoms with E-state index in [4.69, 9.17) is 16.1 Å². The summed E-state index contributed by atoms with van der Waals surface area (Å²) in [6.45, 7) is 3.64. The molecule has 0 saturated carbocycles. The van der Waals surface area contributed by atoms with Gasteiger partial charge in [-0.15, -0.1) is 0 Å². The molecule has 0 aliphatic rings. The fourth-order valence-electron chi connectivity index (χ4n) is 2.98. The lowest BCUT2D eigenvalue weighted by molar-refractivity contribution is 0.386. The lowest BCUT2D eigenvalue weighted by atomic mass is 10.1. The van der Waals surface area contributed by atoms with Crippen molar-refractivity contribution in [3.63, 3.8) is 0 Å². The number of pyridine rings is 1. The summed E-state index contributed by atoms with van der Waals surface area (Å²) < 4.78 is 7.08. The van der Waals surface area contributed by atoms with Crippen molar-refractivity contribution in [2.24, 2.45) is 0 Å². The first-order valence-corrected chi connectivity index (χ1v) is 7.56. The summed E-state index contributed by atoms with van der Waals surface area (Å²) in [6, 6.07) is 6.66. The minimum atomic E-state index is 0.161. The van der Waals surface area contributed by atoms with Crippen LogP contribution in [0.3, 0.4) is 0 Å². The minimum absolute atomic E-state index is 0.161. The molecule has 0 fully saturated rings. The SMILES string of the molecule is Cc1c(Cl)n(-c2ccc(O)cc2)c2c1c(NO)nc1noc(C)c12. The molecular formula is C16H13ClN4O3. The number of anilines is 1. The van der Waals surface area contributed by atoms with Crippen LogP contribution in [0.2, 0.25) is 5.15 Å². The molecule has 122 valence electrons. The molecule has 1 aromatic carbocycles. The Morgan fingerprint density at radius 2 is 1.88 bits per heavy atom. The van der Waals surface area contributed by atoms with E-state index in [1.165, 1.54) is 0 Å². The van der Waals surface area contributed by atoms with Gasteiger partial charge in [0.05, 0.1) is 10.9 Å². The van der Waals surface area contributed by atoms with Crippen LogP contribution in [0.4, 0.5) is 5.82 Å². The molecule has 0 atom stereocenters. The highest BCUT2D eigenvalue weighted by atomic mass is 35.5. The van der Waals surface area contributed by atoms with Gasteiger partial charge in [-0.1, -0.05) is 16.8 Å². The van der Waals surface area contributed by atoms with Gasteiger partial charge in [0.1, 0.15) is 16.7 Å². The van der Waals surface area contributed by atoms with E-state index < -0.39 is 0 Å². The summed E-state index contributed by atoms with van der Waals surface area (Å²) in [5, 5.41) is 24.8. The summed E-state index contributed by atoms with van der Waals surface area (Å²) in [4.78, 5) is 4.29. The molecule has 0 saturated heterocycles. The Morgan fingerprint density at radius 3 is 2.54 bits per heavy atom. The maximum atomic E-state index is 9.54. The summed E-state index contributed by atoms with van der Waals surface area (Å²) in [7, 11) is 0. The number of aryl methyl sites for hydroxylation is 2. The molecule has 0 bridgehead atoms. The van der Waals surface area contributed by atoms with Crippen molar-refractivity contribution >= 4 is 39.4 Å². The number of benzene rings is 1. The van der Waals surface area contributed by atoms with Gasteiger partial charge in [0.2, 0.25) is 5.65 Å². The zero-order valence-corrected chi connectivity index (χ0v) is 13.6. The van der Waals surface area contributed by atoms with Crippen molar-refractivity contribution < 1.29 is 14.8 Å². The average Bonchev–Trinajstić information content (AvgIpc) is 3.07. The van der Waals surface area contributed by atoms with E-state index in [-0.39, 0.29) is 11.6 Å². The lowest BCUT2D eigenvalue weighted by Crippen LogP contribution is -1.98. The number of nitrogens with zero attached hydrogens (tertiary/aromatic N) is 3. The zero-order valence-electron chi connectivity index (χ0n) is 12.8. The molecule has 0 radical (unpaired) electrons. The van der Waals surface area contributed by atoms with Gasteiger partial charge >= 0.3 is 0 Å². The number of phenolic OH excluding ortho intramolecular Hbond substituents is 1. The summed E-state index contributed by atoms with van der Waals surface area (Å²) in [6.07, 6.45) is 0. The van der Waals surface area contributed by atoms with E-state index in [2.05, 4.69) is 15.6 Å². The number of halogens is 1. The van der Waals surface area contributed by atoms with Crippen LogP contribution in [0.1, 0.15) is 11.3 Å². The van der Waals surface area contributed by atoms with Gasteiger partial charge < -0.3 is 9.63 Å². The monoisotopic (exact) mass is 344 g/mol. The number of phenols is 1. The average molecular weight is 345 g/mol. The molecule has 4 aromatic rings. The van der Waals surface area contributed by atoms with Crippen LogP contribution < -0.4 is 5.48 Å². The van der Waals surface area contributed by atoms with E-state index in [1.807, 2.05) is 11.5 Å². The Labute approximate surface area is 141 Å². The molecule has 8 heteroatoms. The summed E-state index contributed by atoms with van der Waals surface area (Å²) in [5.41, 5.74) is 4.71. The molecule has 0 amide bonds. The smallest absolute Gasteiger partial charge is 0.206 e. The molecular weight excluding hydrogens is 332 g/mol. The first-order valence-electron chi connectivity index (χ1n) is 7.19. The summed E-state index contributed by atoms with van der Waals surface area (Å²) in [5.74, 6) is 1.01. The Morgan fingerprint density at radius 1 is 1.17 bits per heavy atom. The third kappa shape index (κ3) is 1.88. The molecule has 3 aromatic heterocycles. The highest BCUT2D eigenvalue weighted by molar-refractivity contribution is 6.33.